The number of rotatable bonds is 16. The molecule has 15 heteroatoms. The molecule has 2 unspecified atom stereocenters. The highest BCUT2D eigenvalue weighted by molar-refractivity contribution is 5.98. The average molecular weight is 761 g/mol. The Balaban J connectivity index is 0.00000125. The second-order valence-electron chi connectivity index (χ2n) is 13.7. The van der Waals surface area contributed by atoms with Gasteiger partial charge < -0.3 is 47.3 Å². The number of carbonyl (C=O) groups excluding carboxylic acids is 5. The second kappa shape index (κ2) is 21.1. The molecule has 0 radical (unpaired) electrons. The van der Waals surface area contributed by atoms with Crippen molar-refractivity contribution in [1.29, 1.82) is 0 Å². The van der Waals surface area contributed by atoms with Gasteiger partial charge in [-0.1, -0.05) is 88.4 Å². The number of nitrogens with two attached hydrogens (primary N) is 2. The molecule has 55 heavy (non-hydrogen) atoms. The van der Waals surface area contributed by atoms with Gasteiger partial charge in [0.15, 0.2) is 0 Å². The molecular weight excluding hydrogens is 708 g/mol. The summed E-state index contributed by atoms with van der Waals surface area (Å²) in [4.78, 5) is 72.5. The number of urea groups is 1. The van der Waals surface area contributed by atoms with Crippen LogP contribution in [0.4, 0.5) is 15.3 Å². The van der Waals surface area contributed by atoms with Crippen LogP contribution in [0.5, 0.6) is 0 Å². The lowest BCUT2D eigenvalue weighted by atomic mass is 9.98. The number of fused-ring (bicyclic) bond motifs is 3. The van der Waals surface area contributed by atoms with E-state index < -0.39 is 54.0 Å². The number of nitrogens with one attached hydrogen (secondary N) is 4. The molecule has 0 bridgehead atoms. The maximum absolute atomic E-state index is 13.5. The van der Waals surface area contributed by atoms with Crippen LogP contribution in [-0.4, -0.2) is 79.4 Å². The second-order valence-corrected chi connectivity index (χ2v) is 13.7. The van der Waals surface area contributed by atoms with E-state index in [-0.39, 0.29) is 43.7 Å². The van der Waals surface area contributed by atoms with Crippen molar-refractivity contribution in [2.45, 2.75) is 71.0 Å². The summed E-state index contributed by atoms with van der Waals surface area (Å²) in [6.07, 6.45) is -0.00798. The first kappa shape index (κ1) is 43.4. The number of primary amides is 1. The number of hydrogen-bond donors (Lipinski definition) is 7. The smallest absolute Gasteiger partial charge is 0.407 e. The van der Waals surface area contributed by atoms with Gasteiger partial charge in [0.1, 0.15) is 24.7 Å². The van der Waals surface area contributed by atoms with Crippen molar-refractivity contribution in [3.05, 3.63) is 89.5 Å². The van der Waals surface area contributed by atoms with Crippen LogP contribution in [0.25, 0.3) is 11.1 Å². The Kier molecular flexibility index (Phi) is 16.6. The first-order valence-corrected chi connectivity index (χ1v) is 18.0. The van der Waals surface area contributed by atoms with Crippen molar-refractivity contribution in [3.8, 4) is 11.1 Å². The van der Waals surface area contributed by atoms with Crippen molar-refractivity contribution in [1.82, 2.24) is 16.0 Å². The molecule has 4 rings (SSSR count). The fourth-order valence-corrected chi connectivity index (χ4v) is 5.79. The molecule has 5 amide bonds. The third kappa shape index (κ3) is 13.1. The number of benzene rings is 3. The molecule has 1 aliphatic carbocycles. The molecule has 0 aromatic heterocycles. The molecule has 9 N–H and O–H groups in total. The number of methoxy groups -OCH3 is 1. The number of alkyl carbamates (subject to hydrolysis) is 1. The molecule has 15 nitrogen and oxygen atoms in total. The topological polar surface area (TPSA) is 241 Å². The van der Waals surface area contributed by atoms with Gasteiger partial charge in [0, 0.05) is 18.2 Å². The lowest BCUT2D eigenvalue weighted by molar-refractivity contribution is -0.142. The maximum Gasteiger partial charge on any atom is 0.407 e. The standard InChI is InChI=1S/C36H44N6O7.C4H8O2/c1-21(2)31(42-36(47)49-20-28-26-11-6-4-9-24(26)25-10-5-7-12-27(25)28)33(44)41-30(13-8-18-39-35(38)46)32(43)40-23-16-14-22(15-17-23)19-29(37)34(45)48-3;1-3(2)4(5)6/h4-7,9-12,14-17,21,28-31H,8,13,18-20,37H2,1-3H3,(H,40,43)(H,41,44)(H,42,47)(H3,38,39,46);3H,1-2H3,(H,5,6)/t29?,30-,31?;/m0./s1. The van der Waals surface area contributed by atoms with E-state index in [9.17, 15) is 28.8 Å². The molecule has 0 spiro atoms. The van der Waals surface area contributed by atoms with E-state index in [1.165, 1.54) is 7.11 Å². The van der Waals surface area contributed by atoms with Gasteiger partial charge in [-0.2, -0.15) is 0 Å². The fraction of sp³-hybridized carbons (Fsp3) is 0.400. The van der Waals surface area contributed by atoms with E-state index in [1.54, 1.807) is 52.0 Å². The van der Waals surface area contributed by atoms with E-state index in [4.69, 9.17) is 21.3 Å². The molecule has 3 aromatic rings. The minimum absolute atomic E-state index is 0.0810. The van der Waals surface area contributed by atoms with E-state index in [1.807, 2.05) is 48.5 Å². The number of carboxylic acid groups (broad SMARTS) is 1. The lowest BCUT2D eigenvalue weighted by Crippen LogP contribution is -2.54. The third-order valence-electron chi connectivity index (χ3n) is 8.84. The highest BCUT2D eigenvalue weighted by Crippen LogP contribution is 2.44. The number of aliphatic carboxylic acids is 1. The van der Waals surface area contributed by atoms with Crippen molar-refractivity contribution < 1.29 is 43.3 Å². The number of carbonyl (C=O) groups is 6. The van der Waals surface area contributed by atoms with E-state index in [2.05, 4.69) is 26.0 Å². The van der Waals surface area contributed by atoms with Gasteiger partial charge >= 0.3 is 24.1 Å². The summed E-state index contributed by atoms with van der Waals surface area (Å²) >= 11 is 0. The van der Waals surface area contributed by atoms with Crippen LogP contribution in [0.1, 0.15) is 63.1 Å². The average Bonchev–Trinajstić information content (AvgIpc) is 3.47. The first-order valence-electron chi connectivity index (χ1n) is 18.0. The summed E-state index contributed by atoms with van der Waals surface area (Å²) < 4.78 is 10.3. The first-order chi connectivity index (χ1) is 26.1. The summed E-state index contributed by atoms with van der Waals surface area (Å²) in [7, 11) is 1.26. The van der Waals surface area contributed by atoms with Crippen molar-refractivity contribution >= 4 is 41.6 Å². The molecular formula is C40H52N6O9. The maximum atomic E-state index is 13.5. The number of anilines is 1. The van der Waals surface area contributed by atoms with Gasteiger partial charge in [-0.3, -0.25) is 19.2 Å². The van der Waals surface area contributed by atoms with Gasteiger partial charge in [0.05, 0.1) is 13.0 Å². The zero-order valence-corrected chi connectivity index (χ0v) is 31.8. The molecule has 3 aromatic carbocycles. The zero-order chi connectivity index (χ0) is 40.7. The molecule has 0 heterocycles. The largest absolute Gasteiger partial charge is 0.481 e. The zero-order valence-electron chi connectivity index (χ0n) is 31.8. The highest BCUT2D eigenvalue weighted by atomic mass is 16.5. The Hall–Kier alpha value is -5.96. The van der Waals surface area contributed by atoms with Gasteiger partial charge in [-0.05, 0) is 65.1 Å². The molecule has 3 atom stereocenters. The van der Waals surface area contributed by atoms with Crippen LogP contribution in [0.3, 0.4) is 0 Å². The van der Waals surface area contributed by atoms with Crippen molar-refractivity contribution in [2.75, 3.05) is 25.6 Å². The predicted molar refractivity (Wildman–Crippen MR) is 207 cm³/mol. The Morgan fingerprint density at radius 3 is 1.89 bits per heavy atom. The summed E-state index contributed by atoms with van der Waals surface area (Å²) in [6, 6.07) is 19.2. The van der Waals surface area contributed by atoms with Crippen molar-refractivity contribution in [3.63, 3.8) is 0 Å². The summed E-state index contributed by atoms with van der Waals surface area (Å²) in [6.45, 7) is 7.10. The van der Waals surface area contributed by atoms with E-state index >= 15 is 0 Å². The monoisotopic (exact) mass is 760 g/mol. The van der Waals surface area contributed by atoms with Gasteiger partial charge in [0.2, 0.25) is 11.8 Å². The minimum atomic E-state index is -1.01. The molecule has 0 saturated carbocycles. The fourth-order valence-electron chi connectivity index (χ4n) is 5.79. The van der Waals surface area contributed by atoms with Crippen LogP contribution in [-0.2, 0) is 35.1 Å². The van der Waals surface area contributed by atoms with Crippen LogP contribution < -0.4 is 32.7 Å². The lowest BCUT2D eigenvalue weighted by Gasteiger charge is -2.25. The van der Waals surface area contributed by atoms with Gasteiger partial charge in [-0.15, -0.1) is 0 Å². The Labute approximate surface area is 320 Å². The number of ether oxygens (including phenoxy) is 2. The van der Waals surface area contributed by atoms with Gasteiger partial charge in [-0.25, -0.2) is 9.59 Å². The Morgan fingerprint density at radius 1 is 0.818 bits per heavy atom. The normalized spacial score (nSPS) is 13.2. The summed E-state index contributed by atoms with van der Waals surface area (Å²) in [5, 5.41) is 18.7. The number of carboxylic acids is 1. The number of amides is 5. The van der Waals surface area contributed by atoms with Crippen LogP contribution in [0.15, 0.2) is 72.8 Å². The molecule has 0 aliphatic heterocycles. The molecule has 0 saturated heterocycles. The van der Waals surface area contributed by atoms with Gasteiger partial charge in [0.25, 0.3) is 0 Å². The number of hydrogen-bond acceptors (Lipinski definition) is 9. The van der Waals surface area contributed by atoms with Crippen molar-refractivity contribution in [2.24, 2.45) is 23.3 Å². The van der Waals surface area contributed by atoms with Crippen LogP contribution >= 0.6 is 0 Å². The molecule has 1 aliphatic rings. The summed E-state index contributed by atoms with van der Waals surface area (Å²) in [5.74, 6) is -3.07. The Bertz CT molecular complexity index is 1750. The SMILES string of the molecule is CC(C)C(=O)O.COC(=O)C(N)Cc1ccc(NC(=O)[C@H](CCCNC(N)=O)NC(=O)C(NC(=O)OCC2c3ccccc3-c3ccccc32)C(C)C)cc1. The molecule has 296 valence electrons. The van der Waals surface area contributed by atoms with E-state index in [0.717, 1.165) is 27.8 Å². The summed E-state index contributed by atoms with van der Waals surface area (Å²) in [5.41, 5.74) is 16.5. The molecule has 0 fully saturated rings. The highest BCUT2D eigenvalue weighted by Gasteiger charge is 2.32. The van der Waals surface area contributed by atoms with E-state index in [0.29, 0.717) is 12.1 Å². The van der Waals surface area contributed by atoms with Crippen LogP contribution in [0, 0.1) is 11.8 Å². The van der Waals surface area contributed by atoms with Crippen LogP contribution in [0.2, 0.25) is 0 Å². The minimum Gasteiger partial charge on any atom is -0.481 e. The predicted octanol–water partition coefficient (Wildman–Crippen LogP) is 3.89. The Morgan fingerprint density at radius 2 is 1.38 bits per heavy atom. The quantitative estimate of drug-likeness (QED) is 0.0821. The third-order valence-corrected chi connectivity index (χ3v) is 8.84. The number of esters is 1.